The van der Waals surface area contributed by atoms with E-state index >= 15 is 0 Å². The summed E-state index contributed by atoms with van der Waals surface area (Å²) in [6.07, 6.45) is 1.12. The summed E-state index contributed by atoms with van der Waals surface area (Å²) in [6.45, 7) is 1.63. The second-order valence-corrected chi connectivity index (χ2v) is 5.04. The Morgan fingerprint density at radius 2 is 1.91 bits per heavy atom. The maximum absolute atomic E-state index is 14.2. The number of aryl methyl sites for hydroxylation is 1. The van der Waals surface area contributed by atoms with Crippen LogP contribution in [0.4, 0.5) is 8.78 Å². The second kappa shape index (κ2) is 5.03. The van der Waals surface area contributed by atoms with Gasteiger partial charge in [0.15, 0.2) is 0 Å². The van der Waals surface area contributed by atoms with Crippen LogP contribution in [0, 0.1) is 18.7 Å². The number of rotatable bonds is 1. The van der Waals surface area contributed by atoms with Crippen molar-refractivity contribution in [3.05, 3.63) is 73.5 Å². The average molecular weight is 324 g/mol. The van der Waals surface area contributed by atoms with Gasteiger partial charge in [-0.25, -0.2) is 8.96 Å². The van der Waals surface area contributed by atoms with Crippen molar-refractivity contribution >= 4 is 17.4 Å². The molecule has 0 aliphatic rings. The molecule has 22 heavy (non-hydrogen) atoms. The van der Waals surface area contributed by atoms with E-state index in [-0.39, 0.29) is 16.5 Å². The van der Waals surface area contributed by atoms with Crippen molar-refractivity contribution in [3.8, 4) is 5.69 Å². The SMILES string of the molecule is Cc1cc(-n2c(=O)cc(F)n3ccc(=O)nc23)c(F)cc1Cl. The standard InChI is InChI=1S/C14H8ClF2N3O2/c1-7-4-10(9(16)5-8(7)15)20-13(22)6-11(17)19-3-2-12(21)18-14(19)20/h2-6H,1H3. The van der Waals surface area contributed by atoms with E-state index in [0.717, 1.165) is 27.3 Å². The number of hydrogen-bond acceptors (Lipinski definition) is 3. The average Bonchev–Trinajstić information content (AvgIpc) is 2.43. The van der Waals surface area contributed by atoms with E-state index in [9.17, 15) is 18.4 Å². The molecule has 0 N–H and O–H groups in total. The van der Waals surface area contributed by atoms with Gasteiger partial charge in [0.05, 0.1) is 11.8 Å². The van der Waals surface area contributed by atoms with Gasteiger partial charge in [0.2, 0.25) is 11.7 Å². The van der Waals surface area contributed by atoms with Crippen LogP contribution in [0.25, 0.3) is 11.5 Å². The van der Waals surface area contributed by atoms with Gasteiger partial charge in [-0.15, -0.1) is 0 Å². The molecule has 0 amide bonds. The molecule has 0 bridgehead atoms. The van der Waals surface area contributed by atoms with Crippen molar-refractivity contribution in [2.24, 2.45) is 0 Å². The molecule has 8 heteroatoms. The molecule has 0 unspecified atom stereocenters. The van der Waals surface area contributed by atoms with Crippen molar-refractivity contribution in [3.63, 3.8) is 0 Å². The molecule has 3 rings (SSSR count). The fourth-order valence-electron chi connectivity index (χ4n) is 2.09. The number of aromatic nitrogens is 3. The van der Waals surface area contributed by atoms with Gasteiger partial charge in [-0.05, 0) is 24.6 Å². The highest BCUT2D eigenvalue weighted by molar-refractivity contribution is 6.31. The van der Waals surface area contributed by atoms with Crippen molar-refractivity contribution in [1.82, 2.24) is 14.0 Å². The highest BCUT2D eigenvalue weighted by atomic mass is 35.5. The Morgan fingerprint density at radius 1 is 1.18 bits per heavy atom. The van der Waals surface area contributed by atoms with E-state index in [1.54, 1.807) is 6.92 Å². The van der Waals surface area contributed by atoms with Gasteiger partial charge in [-0.3, -0.25) is 14.0 Å². The molecule has 0 atom stereocenters. The summed E-state index contributed by atoms with van der Waals surface area (Å²) in [6, 6.07) is 4.09. The smallest absolute Gasteiger partial charge is 0.269 e. The Morgan fingerprint density at radius 3 is 2.64 bits per heavy atom. The molecule has 0 aliphatic carbocycles. The zero-order valence-electron chi connectivity index (χ0n) is 11.2. The first-order valence-corrected chi connectivity index (χ1v) is 6.53. The monoisotopic (exact) mass is 323 g/mol. The molecular weight excluding hydrogens is 316 g/mol. The molecule has 0 spiro atoms. The number of halogens is 3. The van der Waals surface area contributed by atoms with Gasteiger partial charge in [0.25, 0.3) is 11.1 Å². The van der Waals surface area contributed by atoms with Gasteiger partial charge in [0.1, 0.15) is 5.82 Å². The summed E-state index contributed by atoms with van der Waals surface area (Å²) < 4.78 is 29.7. The van der Waals surface area contributed by atoms with Crippen LogP contribution in [-0.2, 0) is 0 Å². The normalized spacial score (nSPS) is 11.1. The minimum Gasteiger partial charge on any atom is -0.269 e. The maximum atomic E-state index is 14.2. The number of nitrogens with zero attached hydrogens (tertiary/aromatic N) is 3. The largest absolute Gasteiger partial charge is 0.274 e. The molecule has 0 saturated heterocycles. The predicted octanol–water partition coefficient (Wildman–Crippen LogP) is 2.09. The summed E-state index contributed by atoms with van der Waals surface area (Å²) >= 11 is 5.82. The van der Waals surface area contributed by atoms with E-state index in [4.69, 9.17) is 11.6 Å². The molecule has 0 radical (unpaired) electrons. The first kappa shape index (κ1) is 14.4. The van der Waals surface area contributed by atoms with E-state index < -0.39 is 22.9 Å². The van der Waals surface area contributed by atoms with Crippen molar-refractivity contribution in [2.45, 2.75) is 6.92 Å². The van der Waals surface area contributed by atoms with Crippen LogP contribution in [0.5, 0.6) is 0 Å². The minimum atomic E-state index is -0.908. The number of benzene rings is 1. The third kappa shape index (κ3) is 2.19. The van der Waals surface area contributed by atoms with Crippen LogP contribution in [0.1, 0.15) is 5.56 Å². The lowest BCUT2D eigenvalue weighted by atomic mass is 10.2. The fraction of sp³-hybridized carbons (Fsp3) is 0.0714. The predicted molar refractivity (Wildman–Crippen MR) is 76.7 cm³/mol. The Balaban J connectivity index is 2.51. The summed E-state index contributed by atoms with van der Waals surface area (Å²) in [5, 5.41) is 0.186. The first-order chi connectivity index (χ1) is 10.4. The van der Waals surface area contributed by atoms with Gasteiger partial charge >= 0.3 is 0 Å². The van der Waals surface area contributed by atoms with Gasteiger partial charge in [0, 0.05) is 17.3 Å². The molecule has 3 aromatic rings. The molecule has 0 aliphatic heterocycles. The van der Waals surface area contributed by atoms with Crippen molar-refractivity contribution in [2.75, 3.05) is 0 Å². The topological polar surface area (TPSA) is 56.4 Å². The number of hydrogen-bond donors (Lipinski definition) is 0. The lowest BCUT2D eigenvalue weighted by Crippen LogP contribution is -2.26. The van der Waals surface area contributed by atoms with Gasteiger partial charge in [-0.2, -0.15) is 9.37 Å². The summed E-state index contributed by atoms with van der Waals surface area (Å²) in [7, 11) is 0. The Bertz CT molecular complexity index is 1030. The highest BCUT2D eigenvalue weighted by Gasteiger charge is 2.15. The quantitative estimate of drug-likeness (QED) is 0.644. The van der Waals surface area contributed by atoms with Crippen LogP contribution in [0.3, 0.4) is 0 Å². The molecular formula is C14H8ClF2N3O2. The summed E-state index contributed by atoms with van der Waals surface area (Å²) in [5.74, 6) is -2.02. The van der Waals surface area contributed by atoms with E-state index in [2.05, 4.69) is 4.98 Å². The van der Waals surface area contributed by atoms with Crippen LogP contribution in [-0.4, -0.2) is 14.0 Å². The Hall–Kier alpha value is -2.54. The molecule has 2 heterocycles. The third-order valence-electron chi connectivity index (χ3n) is 3.15. The van der Waals surface area contributed by atoms with Crippen molar-refractivity contribution in [1.29, 1.82) is 0 Å². The Kier molecular flexibility index (Phi) is 3.29. The molecule has 0 fully saturated rings. The Labute approximate surface area is 127 Å². The molecule has 5 nitrogen and oxygen atoms in total. The zero-order valence-corrected chi connectivity index (χ0v) is 11.9. The first-order valence-electron chi connectivity index (χ1n) is 6.15. The van der Waals surface area contributed by atoms with Crippen molar-refractivity contribution < 1.29 is 8.78 Å². The summed E-state index contributed by atoms with van der Waals surface area (Å²) in [4.78, 5) is 27.1. The minimum absolute atomic E-state index is 0.164. The molecule has 1 aromatic carbocycles. The van der Waals surface area contributed by atoms with Crippen LogP contribution < -0.4 is 11.1 Å². The van der Waals surface area contributed by atoms with Crippen LogP contribution >= 0.6 is 11.6 Å². The third-order valence-corrected chi connectivity index (χ3v) is 3.56. The highest BCUT2D eigenvalue weighted by Crippen LogP contribution is 2.22. The lowest BCUT2D eigenvalue weighted by Gasteiger charge is -2.12. The number of fused-ring (bicyclic) bond motifs is 1. The zero-order chi connectivity index (χ0) is 16.0. The van der Waals surface area contributed by atoms with E-state index in [1.165, 1.54) is 6.07 Å². The van der Waals surface area contributed by atoms with Crippen LogP contribution in [0.2, 0.25) is 5.02 Å². The summed E-state index contributed by atoms with van der Waals surface area (Å²) in [5.41, 5.74) is -1.17. The lowest BCUT2D eigenvalue weighted by molar-refractivity contribution is 0.550. The molecule has 0 saturated carbocycles. The van der Waals surface area contributed by atoms with Gasteiger partial charge in [-0.1, -0.05) is 11.6 Å². The van der Waals surface area contributed by atoms with Crippen LogP contribution in [0.15, 0.2) is 40.1 Å². The second-order valence-electron chi connectivity index (χ2n) is 4.63. The fourth-order valence-corrected chi connectivity index (χ4v) is 2.24. The van der Waals surface area contributed by atoms with Gasteiger partial charge < -0.3 is 0 Å². The molecule has 112 valence electrons. The molecule has 2 aromatic heterocycles. The van der Waals surface area contributed by atoms with E-state index in [1.807, 2.05) is 0 Å². The van der Waals surface area contributed by atoms with E-state index in [0.29, 0.717) is 11.6 Å². The maximum Gasteiger partial charge on any atom is 0.274 e.